The summed E-state index contributed by atoms with van der Waals surface area (Å²) in [6.45, 7) is 11.3. The van der Waals surface area contributed by atoms with Crippen LogP contribution in [0.15, 0.2) is 18.2 Å². The molecule has 3 aliphatic rings. The van der Waals surface area contributed by atoms with Crippen LogP contribution in [-0.4, -0.2) is 89.4 Å². The van der Waals surface area contributed by atoms with Crippen molar-refractivity contribution in [3.63, 3.8) is 0 Å². The highest BCUT2D eigenvalue weighted by Crippen LogP contribution is 2.43. The van der Waals surface area contributed by atoms with E-state index in [0.717, 1.165) is 31.5 Å². The molecule has 1 aromatic carbocycles. The van der Waals surface area contributed by atoms with Gasteiger partial charge in [0.15, 0.2) is 0 Å². The number of nitriles is 1. The van der Waals surface area contributed by atoms with Crippen LogP contribution in [0.1, 0.15) is 63.8 Å². The van der Waals surface area contributed by atoms with E-state index in [1.807, 2.05) is 4.90 Å². The molecule has 14 heteroatoms. The number of alkyl halides is 3. The van der Waals surface area contributed by atoms with Gasteiger partial charge in [0.05, 0.1) is 47.0 Å². The largest absolute Gasteiger partial charge is 0.462 e. The highest BCUT2D eigenvalue weighted by atomic mass is 35.5. The van der Waals surface area contributed by atoms with Crippen molar-refractivity contribution in [2.24, 2.45) is 0 Å². The Morgan fingerprint density at radius 1 is 1.11 bits per heavy atom. The molecule has 4 heterocycles. The number of likely N-dealkylation sites (tertiary alicyclic amines) is 1. The molecule has 0 spiro atoms. The maximum atomic E-state index is 14.1. The third kappa shape index (κ3) is 7.55. The van der Waals surface area contributed by atoms with Crippen LogP contribution in [0, 0.1) is 11.3 Å². The van der Waals surface area contributed by atoms with Crippen LogP contribution in [-0.2, 0) is 23.9 Å². The van der Waals surface area contributed by atoms with Gasteiger partial charge in [0.25, 0.3) is 0 Å². The standard InChI is InChI=1S/C32H41ClF3N7O3/c1-5-40-14-7-8-22(40)20-45-29-38-25-19-41(26-10-6-9-24(33)27(26)32(34,35)36)15-12-23(25)28(39-29)42-16-17-43(21(18-42)11-13-37)30(44)46-31(2,3)4/h6,9-10,21-22H,5,7-8,11-12,14-20H2,1-4H3/t21-,22-/m0/s1. The molecule has 2 atom stereocenters. The number of benzene rings is 1. The number of nitrogens with zero attached hydrogens (tertiary/aromatic N) is 7. The second kappa shape index (κ2) is 13.7. The summed E-state index contributed by atoms with van der Waals surface area (Å²) in [6, 6.07) is 6.32. The van der Waals surface area contributed by atoms with Gasteiger partial charge in [0, 0.05) is 37.8 Å². The SMILES string of the molecule is CCN1CCC[C@H]1COc1nc2c(c(N3CCN(C(=O)OC(C)(C)C)[C@@H](CC#N)C3)n1)CCN(c1cccc(Cl)c1C(F)(F)F)C2. The number of rotatable bonds is 7. The lowest BCUT2D eigenvalue weighted by Crippen LogP contribution is -2.56. The molecule has 0 aliphatic carbocycles. The summed E-state index contributed by atoms with van der Waals surface area (Å²) >= 11 is 6.06. The highest BCUT2D eigenvalue weighted by Gasteiger charge is 2.39. The Bertz CT molecular complexity index is 1460. The quantitative estimate of drug-likeness (QED) is 0.358. The smallest absolute Gasteiger partial charge is 0.419 e. The van der Waals surface area contributed by atoms with Crippen molar-refractivity contribution >= 4 is 29.2 Å². The van der Waals surface area contributed by atoms with E-state index in [9.17, 15) is 23.2 Å². The molecule has 2 fully saturated rings. The molecule has 2 saturated heterocycles. The third-order valence-corrected chi connectivity index (χ3v) is 9.00. The van der Waals surface area contributed by atoms with Crippen molar-refractivity contribution in [1.29, 1.82) is 5.26 Å². The zero-order valence-electron chi connectivity index (χ0n) is 26.7. The van der Waals surface area contributed by atoms with Gasteiger partial charge in [-0.25, -0.2) is 4.79 Å². The number of ether oxygens (including phenoxy) is 2. The number of aromatic nitrogens is 2. The number of halogens is 4. The number of carbonyl (C=O) groups is 1. The summed E-state index contributed by atoms with van der Waals surface area (Å²) in [4.78, 5) is 30.2. The number of piperazine rings is 1. The zero-order chi connectivity index (χ0) is 33.2. The molecule has 3 aliphatic heterocycles. The molecule has 250 valence electrons. The van der Waals surface area contributed by atoms with Crippen LogP contribution in [0.4, 0.5) is 29.5 Å². The number of fused-ring (bicyclic) bond motifs is 1. The van der Waals surface area contributed by atoms with Gasteiger partial charge >= 0.3 is 18.3 Å². The third-order valence-electron chi connectivity index (χ3n) is 8.69. The Hall–Kier alpha value is -3.50. The van der Waals surface area contributed by atoms with Crippen LogP contribution in [0.3, 0.4) is 0 Å². The Kier molecular flexibility index (Phi) is 10.1. The Balaban J connectivity index is 1.47. The second-order valence-corrected chi connectivity index (χ2v) is 13.3. The fourth-order valence-electron chi connectivity index (χ4n) is 6.54. The summed E-state index contributed by atoms with van der Waals surface area (Å²) in [6.07, 6.45) is -2.54. The average molecular weight is 664 g/mol. The molecule has 46 heavy (non-hydrogen) atoms. The number of hydrogen-bond acceptors (Lipinski definition) is 9. The molecule has 1 aromatic heterocycles. The van der Waals surface area contributed by atoms with E-state index in [4.69, 9.17) is 31.0 Å². The molecule has 0 radical (unpaired) electrons. The maximum absolute atomic E-state index is 14.1. The monoisotopic (exact) mass is 663 g/mol. The predicted molar refractivity (Wildman–Crippen MR) is 168 cm³/mol. The lowest BCUT2D eigenvalue weighted by Gasteiger charge is -2.42. The molecule has 5 rings (SSSR count). The molecule has 1 amide bonds. The number of carbonyl (C=O) groups excluding carboxylic acids is 1. The van der Waals surface area contributed by atoms with Gasteiger partial charge in [0.2, 0.25) is 0 Å². The first-order valence-corrected chi connectivity index (χ1v) is 16.2. The van der Waals surface area contributed by atoms with Crippen LogP contribution in [0.5, 0.6) is 6.01 Å². The van der Waals surface area contributed by atoms with Gasteiger partial charge < -0.3 is 24.2 Å². The molecular weight excluding hydrogens is 623 g/mol. The summed E-state index contributed by atoms with van der Waals surface area (Å²) in [5.74, 6) is 0.618. The van der Waals surface area contributed by atoms with Gasteiger partial charge in [-0.05, 0) is 65.3 Å². The Labute approximate surface area is 273 Å². The molecule has 10 nitrogen and oxygen atoms in total. The molecule has 0 N–H and O–H groups in total. The Morgan fingerprint density at radius 3 is 2.59 bits per heavy atom. The van der Waals surface area contributed by atoms with Gasteiger partial charge in [-0.2, -0.15) is 28.4 Å². The van der Waals surface area contributed by atoms with Crippen LogP contribution in [0.25, 0.3) is 0 Å². The first-order chi connectivity index (χ1) is 21.8. The van der Waals surface area contributed by atoms with E-state index in [-0.39, 0.29) is 35.7 Å². The molecule has 0 bridgehead atoms. The van der Waals surface area contributed by atoms with Crippen molar-refractivity contribution in [3.8, 4) is 12.1 Å². The van der Waals surface area contributed by atoms with E-state index in [0.29, 0.717) is 50.7 Å². The van der Waals surface area contributed by atoms with Gasteiger partial charge in [0.1, 0.15) is 18.0 Å². The summed E-state index contributed by atoms with van der Waals surface area (Å²) in [5.41, 5.74) is -0.167. The number of likely N-dealkylation sites (N-methyl/N-ethyl adjacent to an activating group) is 1. The van der Waals surface area contributed by atoms with E-state index >= 15 is 0 Å². The van der Waals surface area contributed by atoms with Crippen molar-refractivity contribution in [2.75, 3.05) is 55.7 Å². The second-order valence-electron chi connectivity index (χ2n) is 12.9. The minimum Gasteiger partial charge on any atom is -0.462 e. The van der Waals surface area contributed by atoms with E-state index in [1.54, 1.807) is 30.6 Å². The fraction of sp³-hybridized carbons (Fsp3) is 0.625. The van der Waals surface area contributed by atoms with Crippen molar-refractivity contribution in [2.45, 2.75) is 83.8 Å². The van der Waals surface area contributed by atoms with Crippen molar-refractivity contribution < 1.29 is 27.4 Å². The number of amides is 1. The zero-order valence-corrected chi connectivity index (χ0v) is 27.5. The maximum Gasteiger partial charge on any atom is 0.419 e. The summed E-state index contributed by atoms with van der Waals surface area (Å²) in [5, 5.41) is 9.25. The normalized spacial score (nSPS) is 20.8. The van der Waals surface area contributed by atoms with E-state index < -0.39 is 29.5 Å². The van der Waals surface area contributed by atoms with E-state index in [1.165, 1.54) is 18.2 Å². The van der Waals surface area contributed by atoms with Gasteiger partial charge in [-0.3, -0.25) is 4.90 Å². The first kappa shape index (κ1) is 33.9. The van der Waals surface area contributed by atoms with Crippen LogP contribution in [0.2, 0.25) is 5.02 Å². The number of hydrogen-bond donors (Lipinski definition) is 0. The first-order valence-electron chi connectivity index (χ1n) is 15.8. The number of anilines is 2. The minimum atomic E-state index is -4.63. The average Bonchev–Trinajstić information content (AvgIpc) is 3.45. The van der Waals surface area contributed by atoms with Gasteiger partial charge in [-0.1, -0.05) is 24.6 Å². The van der Waals surface area contributed by atoms with E-state index in [2.05, 4.69) is 17.9 Å². The molecule has 2 aromatic rings. The molecule has 0 unspecified atom stereocenters. The van der Waals surface area contributed by atoms with Crippen molar-refractivity contribution in [1.82, 2.24) is 19.8 Å². The fourth-order valence-corrected chi connectivity index (χ4v) is 6.81. The van der Waals surface area contributed by atoms with Crippen LogP contribution >= 0.6 is 11.6 Å². The molecule has 0 saturated carbocycles. The van der Waals surface area contributed by atoms with Crippen LogP contribution < -0.4 is 14.5 Å². The Morgan fingerprint density at radius 2 is 1.89 bits per heavy atom. The lowest BCUT2D eigenvalue weighted by atomic mass is 10.0. The predicted octanol–water partition coefficient (Wildman–Crippen LogP) is 5.91. The highest BCUT2D eigenvalue weighted by molar-refractivity contribution is 6.31. The summed E-state index contributed by atoms with van der Waals surface area (Å²) < 4.78 is 54.1. The summed E-state index contributed by atoms with van der Waals surface area (Å²) in [7, 11) is 0. The lowest BCUT2D eigenvalue weighted by molar-refractivity contribution is -0.137. The topological polar surface area (TPSA) is 98.1 Å². The van der Waals surface area contributed by atoms with Gasteiger partial charge in [-0.15, -0.1) is 0 Å². The van der Waals surface area contributed by atoms with Crippen molar-refractivity contribution in [3.05, 3.63) is 40.0 Å². The minimum absolute atomic E-state index is 0.00196. The molecular formula is C32H41ClF3N7O3.